The summed E-state index contributed by atoms with van der Waals surface area (Å²) in [4.78, 5) is 19.4. The van der Waals surface area contributed by atoms with E-state index in [9.17, 15) is 9.90 Å². The number of aromatic nitrogens is 1. The molecule has 19 heavy (non-hydrogen) atoms. The average molecular weight is 274 g/mol. The number of carboxylic acids is 1. The summed E-state index contributed by atoms with van der Waals surface area (Å²) >= 11 is 1.40. The van der Waals surface area contributed by atoms with Crippen LogP contribution in [-0.2, 0) is 4.79 Å². The number of aliphatic carboxylic acids is 1. The number of pyridine rings is 1. The van der Waals surface area contributed by atoms with Gasteiger partial charge in [-0.2, -0.15) is 0 Å². The lowest BCUT2D eigenvalue weighted by Gasteiger charge is -2.02. The van der Waals surface area contributed by atoms with Crippen LogP contribution in [0.5, 0.6) is 5.75 Å². The molecule has 3 rings (SSSR count). The summed E-state index contributed by atoms with van der Waals surface area (Å²) < 4.78 is 0. The largest absolute Gasteiger partial charge is 0.508 e. The zero-order chi connectivity index (χ0) is 13.4. The first-order chi connectivity index (χ1) is 9.13. The molecule has 0 saturated heterocycles. The van der Waals surface area contributed by atoms with E-state index in [0.29, 0.717) is 16.5 Å². The SMILES string of the molecule is O=C(O)[C@H]1CSC(c2ccc3cc(O)ccc3n2)=N1. The normalized spacial score (nSPS) is 18.5. The Balaban J connectivity index is 2.00. The van der Waals surface area contributed by atoms with E-state index >= 15 is 0 Å². The zero-order valence-electron chi connectivity index (χ0n) is 9.78. The quantitative estimate of drug-likeness (QED) is 0.873. The maximum atomic E-state index is 10.9. The fourth-order valence-electron chi connectivity index (χ4n) is 1.87. The second kappa shape index (κ2) is 4.55. The van der Waals surface area contributed by atoms with Crippen LogP contribution >= 0.6 is 11.8 Å². The van der Waals surface area contributed by atoms with E-state index in [-0.39, 0.29) is 5.75 Å². The highest BCUT2D eigenvalue weighted by Gasteiger charge is 2.25. The van der Waals surface area contributed by atoms with Crippen LogP contribution in [0.4, 0.5) is 0 Å². The van der Waals surface area contributed by atoms with Crippen LogP contribution in [0.3, 0.4) is 0 Å². The summed E-state index contributed by atoms with van der Waals surface area (Å²) in [5.41, 5.74) is 1.42. The van der Waals surface area contributed by atoms with Crippen molar-refractivity contribution in [1.29, 1.82) is 0 Å². The third-order valence-corrected chi connectivity index (χ3v) is 3.90. The fourth-order valence-corrected chi connectivity index (χ4v) is 2.87. The monoisotopic (exact) mass is 274 g/mol. The lowest BCUT2D eigenvalue weighted by atomic mass is 10.2. The van der Waals surface area contributed by atoms with Gasteiger partial charge >= 0.3 is 5.97 Å². The van der Waals surface area contributed by atoms with Crippen LogP contribution in [0.1, 0.15) is 5.69 Å². The van der Waals surface area contributed by atoms with Crippen LogP contribution in [0.15, 0.2) is 35.3 Å². The van der Waals surface area contributed by atoms with Gasteiger partial charge in [0.2, 0.25) is 0 Å². The van der Waals surface area contributed by atoms with Crippen molar-refractivity contribution >= 4 is 33.7 Å². The van der Waals surface area contributed by atoms with E-state index in [1.54, 1.807) is 24.3 Å². The molecule has 2 heterocycles. The first-order valence-electron chi connectivity index (χ1n) is 5.67. The van der Waals surface area contributed by atoms with Crippen LogP contribution in [0.2, 0.25) is 0 Å². The summed E-state index contributed by atoms with van der Waals surface area (Å²) in [5.74, 6) is -0.270. The van der Waals surface area contributed by atoms with Gasteiger partial charge in [0, 0.05) is 11.1 Å². The Morgan fingerprint density at radius 3 is 2.89 bits per heavy atom. The maximum Gasteiger partial charge on any atom is 0.329 e. The summed E-state index contributed by atoms with van der Waals surface area (Å²) in [6, 6.07) is 7.88. The van der Waals surface area contributed by atoms with E-state index in [0.717, 1.165) is 10.9 Å². The standard InChI is InChI=1S/C13H10N2O3S/c16-8-2-4-9-7(5-8)1-3-10(14-9)12-15-11(6-19-12)13(17)18/h1-5,11,16H,6H2,(H,17,18)/t11-/m1/s1. The van der Waals surface area contributed by atoms with Gasteiger partial charge in [-0.05, 0) is 24.3 Å². The van der Waals surface area contributed by atoms with Gasteiger partial charge in [0.1, 0.15) is 10.8 Å². The molecule has 1 aromatic carbocycles. The van der Waals surface area contributed by atoms with Gasteiger partial charge in [-0.25, -0.2) is 9.78 Å². The van der Waals surface area contributed by atoms with E-state index in [4.69, 9.17) is 5.11 Å². The molecule has 0 bridgehead atoms. The predicted octanol–water partition coefficient (Wildman–Crippen LogP) is 1.89. The van der Waals surface area contributed by atoms with Crippen LogP contribution in [0.25, 0.3) is 10.9 Å². The van der Waals surface area contributed by atoms with Crippen LogP contribution in [0, 0.1) is 0 Å². The molecule has 1 aliphatic rings. The smallest absolute Gasteiger partial charge is 0.329 e. The molecule has 0 fully saturated rings. The predicted molar refractivity (Wildman–Crippen MR) is 73.8 cm³/mol. The molecule has 0 radical (unpaired) electrons. The van der Waals surface area contributed by atoms with Crippen molar-refractivity contribution in [2.24, 2.45) is 4.99 Å². The van der Waals surface area contributed by atoms with E-state index in [2.05, 4.69) is 9.98 Å². The van der Waals surface area contributed by atoms with Gasteiger partial charge in [-0.1, -0.05) is 6.07 Å². The minimum atomic E-state index is -0.909. The Labute approximate surface area is 113 Å². The topological polar surface area (TPSA) is 82.8 Å². The highest BCUT2D eigenvalue weighted by Crippen LogP contribution is 2.25. The Bertz CT molecular complexity index is 699. The number of benzene rings is 1. The Morgan fingerprint density at radius 2 is 2.16 bits per heavy atom. The Kier molecular flexibility index (Phi) is 2.87. The van der Waals surface area contributed by atoms with Crippen LogP contribution in [-0.4, -0.2) is 38.0 Å². The molecule has 5 nitrogen and oxygen atoms in total. The first-order valence-corrected chi connectivity index (χ1v) is 6.65. The van der Waals surface area contributed by atoms with Crippen LogP contribution < -0.4 is 0 Å². The molecule has 0 unspecified atom stereocenters. The number of carbonyl (C=O) groups is 1. The van der Waals surface area contributed by atoms with Gasteiger partial charge in [-0.3, -0.25) is 4.99 Å². The second-order valence-electron chi connectivity index (χ2n) is 4.17. The first kappa shape index (κ1) is 12.0. The lowest BCUT2D eigenvalue weighted by molar-refractivity contribution is -0.137. The summed E-state index contributed by atoms with van der Waals surface area (Å²) in [7, 11) is 0. The third-order valence-electron chi connectivity index (χ3n) is 2.83. The molecule has 96 valence electrons. The average Bonchev–Trinajstić information content (AvgIpc) is 2.88. The number of nitrogens with zero attached hydrogens (tertiary/aromatic N) is 2. The van der Waals surface area contributed by atoms with Gasteiger partial charge in [0.25, 0.3) is 0 Å². The number of thioether (sulfide) groups is 1. The van der Waals surface area contributed by atoms with Gasteiger partial charge in [0.15, 0.2) is 6.04 Å². The number of rotatable bonds is 2. The Hall–Kier alpha value is -2.08. The third kappa shape index (κ3) is 2.26. The fraction of sp³-hybridized carbons (Fsp3) is 0.154. The van der Waals surface area contributed by atoms with E-state index in [1.807, 2.05) is 6.07 Å². The maximum absolute atomic E-state index is 10.9. The van der Waals surface area contributed by atoms with Gasteiger partial charge < -0.3 is 10.2 Å². The number of phenolic OH excluding ortho intramolecular Hbond substituents is 1. The minimum Gasteiger partial charge on any atom is -0.508 e. The molecule has 1 aromatic heterocycles. The highest BCUT2D eigenvalue weighted by molar-refractivity contribution is 8.14. The van der Waals surface area contributed by atoms with Gasteiger partial charge in [-0.15, -0.1) is 11.8 Å². The van der Waals surface area contributed by atoms with Crippen molar-refractivity contribution in [2.75, 3.05) is 5.75 Å². The van der Waals surface area contributed by atoms with E-state index in [1.165, 1.54) is 11.8 Å². The summed E-state index contributed by atoms with van der Waals surface area (Å²) in [5, 5.41) is 19.8. The van der Waals surface area contributed by atoms with Crippen molar-refractivity contribution in [3.05, 3.63) is 36.0 Å². The van der Waals surface area contributed by atoms with Gasteiger partial charge in [0.05, 0.1) is 11.2 Å². The number of phenols is 1. The molecule has 0 amide bonds. The van der Waals surface area contributed by atoms with Crippen molar-refractivity contribution in [2.45, 2.75) is 6.04 Å². The van der Waals surface area contributed by atoms with Crippen molar-refractivity contribution in [3.63, 3.8) is 0 Å². The number of aromatic hydroxyl groups is 1. The summed E-state index contributed by atoms with van der Waals surface area (Å²) in [6.45, 7) is 0. The molecule has 0 aliphatic carbocycles. The number of fused-ring (bicyclic) bond motifs is 1. The lowest BCUT2D eigenvalue weighted by Crippen LogP contribution is -2.17. The minimum absolute atomic E-state index is 0.195. The number of carboxylic acid groups (broad SMARTS) is 1. The summed E-state index contributed by atoms with van der Waals surface area (Å²) in [6.07, 6.45) is 0. The molecular weight excluding hydrogens is 264 g/mol. The molecule has 1 atom stereocenters. The van der Waals surface area contributed by atoms with Crippen molar-refractivity contribution < 1.29 is 15.0 Å². The van der Waals surface area contributed by atoms with E-state index < -0.39 is 12.0 Å². The number of hydrogen-bond acceptors (Lipinski definition) is 5. The molecular formula is C13H10N2O3S. The van der Waals surface area contributed by atoms with Crippen molar-refractivity contribution in [3.8, 4) is 5.75 Å². The highest BCUT2D eigenvalue weighted by atomic mass is 32.2. The zero-order valence-corrected chi connectivity index (χ0v) is 10.6. The second-order valence-corrected chi connectivity index (χ2v) is 5.18. The number of aliphatic imine (C=N–C) groups is 1. The molecule has 0 saturated carbocycles. The molecule has 2 aromatic rings. The Morgan fingerprint density at radius 1 is 1.32 bits per heavy atom. The molecule has 6 heteroatoms. The molecule has 2 N–H and O–H groups in total. The molecule has 0 spiro atoms. The van der Waals surface area contributed by atoms with Crippen molar-refractivity contribution in [1.82, 2.24) is 4.98 Å². The molecule has 1 aliphatic heterocycles. The number of hydrogen-bond donors (Lipinski definition) is 2.